The average Bonchev–Trinajstić information content (AvgIpc) is 2.36. The number of anilines is 1. The van der Waals surface area contributed by atoms with E-state index in [0.29, 0.717) is 18.7 Å². The Morgan fingerprint density at radius 2 is 2.22 bits per heavy atom. The molecule has 0 spiro atoms. The van der Waals surface area contributed by atoms with Crippen molar-refractivity contribution in [1.29, 1.82) is 0 Å². The molecular weight excluding hydrogens is 235 g/mol. The summed E-state index contributed by atoms with van der Waals surface area (Å²) in [6, 6.07) is 3.93. The first-order chi connectivity index (χ1) is 8.65. The number of amides is 1. The molecule has 0 aromatic heterocycles. The molecular formula is C13H19FN2O2. The maximum Gasteiger partial charge on any atom is 0.251 e. The van der Waals surface area contributed by atoms with Crippen LogP contribution >= 0.6 is 0 Å². The highest BCUT2D eigenvalue weighted by Gasteiger charge is 2.07. The predicted molar refractivity (Wildman–Crippen MR) is 68.9 cm³/mol. The first kappa shape index (κ1) is 14.4. The Bertz CT molecular complexity index is 397. The van der Waals surface area contributed by atoms with Gasteiger partial charge in [-0.1, -0.05) is 6.92 Å². The zero-order chi connectivity index (χ0) is 13.4. The van der Waals surface area contributed by atoms with Crippen LogP contribution in [0.2, 0.25) is 0 Å². The van der Waals surface area contributed by atoms with E-state index in [-0.39, 0.29) is 11.6 Å². The molecule has 0 fully saturated rings. The van der Waals surface area contributed by atoms with Crippen LogP contribution in [-0.4, -0.2) is 25.7 Å². The lowest BCUT2D eigenvalue weighted by atomic mass is 10.2. The van der Waals surface area contributed by atoms with Gasteiger partial charge < -0.3 is 15.8 Å². The number of rotatable bonds is 7. The van der Waals surface area contributed by atoms with Crippen LogP contribution < -0.4 is 11.1 Å². The van der Waals surface area contributed by atoms with Crippen LogP contribution in [0.3, 0.4) is 0 Å². The molecule has 1 rings (SSSR count). The topological polar surface area (TPSA) is 64.3 Å². The molecule has 0 atom stereocenters. The number of halogens is 1. The maximum absolute atomic E-state index is 12.9. The number of carbonyl (C=O) groups is 1. The minimum absolute atomic E-state index is 0.0195. The highest BCUT2D eigenvalue weighted by Crippen LogP contribution is 2.11. The summed E-state index contributed by atoms with van der Waals surface area (Å²) in [5, 5.41) is 2.73. The summed E-state index contributed by atoms with van der Waals surface area (Å²) < 4.78 is 18.2. The maximum atomic E-state index is 12.9. The first-order valence-electron chi connectivity index (χ1n) is 6.06. The quantitative estimate of drug-likeness (QED) is 0.577. The largest absolute Gasteiger partial charge is 0.396 e. The molecule has 1 amide bonds. The van der Waals surface area contributed by atoms with Crippen molar-refractivity contribution in [3.05, 3.63) is 29.6 Å². The first-order valence-corrected chi connectivity index (χ1v) is 6.06. The zero-order valence-electron chi connectivity index (χ0n) is 10.5. The second-order valence-electron chi connectivity index (χ2n) is 3.96. The van der Waals surface area contributed by atoms with Gasteiger partial charge in [0.25, 0.3) is 5.91 Å². The molecule has 1 aromatic carbocycles. The summed E-state index contributed by atoms with van der Waals surface area (Å²) in [6.45, 7) is 3.93. The normalized spacial score (nSPS) is 10.3. The van der Waals surface area contributed by atoms with Gasteiger partial charge in [0, 0.05) is 25.3 Å². The number of nitrogens with two attached hydrogens (primary N) is 1. The summed E-state index contributed by atoms with van der Waals surface area (Å²) >= 11 is 0. The molecule has 0 saturated heterocycles. The number of hydrogen-bond acceptors (Lipinski definition) is 3. The van der Waals surface area contributed by atoms with E-state index in [9.17, 15) is 9.18 Å². The summed E-state index contributed by atoms with van der Waals surface area (Å²) in [6.07, 6.45) is 1.74. The molecule has 0 unspecified atom stereocenters. The second kappa shape index (κ2) is 7.66. The summed E-state index contributed by atoms with van der Waals surface area (Å²) in [5.74, 6) is -0.767. The van der Waals surface area contributed by atoms with Gasteiger partial charge in [0.05, 0.1) is 5.69 Å². The van der Waals surface area contributed by atoms with Crippen LogP contribution in [0, 0.1) is 5.82 Å². The van der Waals surface area contributed by atoms with Gasteiger partial charge in [-0.25, -0.2) is 4.39 Å². The molecule has 0 heterocycles. The van der Waals surface area contributed by atoms with Gasteiger partial charge in [-0.05, 0) is 31.0 Å². The Morgan fingerprint density at radius 3 is 2.89 bits per heavy atom. The number of nitrogen functional groups attached to an aromatic ring is 1. The lowest BCUT2D eigenvalue weighted by molar-refractivity contribution is 0.0941. The molecule has 0 bridgehead atoms. The van der Waals surface area contributed by atoms with E-state index in [4.69, 9.17) is 10.5 Å². The molecule has 0 aliphatic rings. The van der Waals surface area contributed by atoms with Gasteiger partial charge in [0.2, 0.25) is 0 Å². The van der Waals surface area contributed by atoms with Gasteiger partial charge in [-0.2, -0.15) is 0 Å². The monoisotopic (exact) mass is 254 g/mol. The van der Waals surface area contributed by atoms with Crippen molar-refractivity contribution in [2.45, 2.75) is 19.8 Å². The van der Waals surface area contributed by atoms with E-state index in [1.807, 2.05) is 6.92 Å². The number of carbonyl (C=O) groups excluding carboxylic acids is 1. The van der Waals surface area contributed by atoms with Crippen LogP contribution in [-0.2, 0) is 4.74 Å². The third-order valence-corrected chi connectivity index (χ3v) is 2.36. The van der Waals surface area contributed by atoms with Crippen molar-refractivity contribution in [3.63, 3.8) is 0 Å². The smallest absolute Gasteiger partial charge is 0.251 e. The van der Waals surface area contributed by atoms with Crippen LogP contribution in [0.1, 0.15) is 30.1 Å². The highest BCUT2D eigenvalue weighted by atomic mass is 19.1. The standard InChI is InChI=1S/C13H19FN2O2/c1-2-7-18-8-3-6-16-13(17)10-4-5-11(14)12(15)9-10/h4-5,9H,2-3,6-8,15H2,1H3,(H,16,17). The Kier molecular flexibility index (Phi) is 6.14. The van der Waals surface area contributed by atoms with E-state index in [1.165, 1.54) is 18.2 Å². The van der Waals surface area contributed by atoms with E-state index in [1.54, 1.807) is 0 Å². The molecule has 0 aliphatic heterocycles. The fourth-order valence-electron chi connectivity index (χ4n) is 1.41. The fraction of sp³-hybridized carbons (Fsp3) is 0.462. The van der Waals surface area contributed by atoms with E-state index in [0.717, 1.165) is 19.4 Å². The number of benzene rings is 1. The number of hydrogen-bond donors (Lipinski definition) is 2. The molecule has 0 radical (unpaired) electrons. The Hall–Kier alpha value is -1.62. The number of nitrogens with one attached hydrogen (secondary N) is 1. The summed E-state index contributed by atoms with van der Waals surface area (Å²) in [7, 11) is 0. The zero-order valence-corrected chi connectivity index (χ0v) is 10.5. The average molecular weight is 254 g/mol. The summed E-state index contributed by atoms with van der Waals surface area (Å²) in [4.78, 5) is 11.7. The van der Waals surface area contributed by atoms with E-state index < -0.39 is 5.82 Å². The van der Waals surface area contributed by atoms with Crippen molar-refractivity contribution >= 4 is 11.6 Å². The minimum atomic E-state index is -0.514. The molecule has 5 heteroatoms. The van der Waals surface area contributed by atoms with Gasteiger partial charge in [-0.3, -0.25) is 4.79 Å². The summed E-state index contributed by atoms with van der Waals surface area (Å²) in [5.41, 5.74) is 5.74. The molecule has 3 N–H and O–H groups in total. The van der Waals surface area contributed by atoms with Gasteiger partial charge in [-0.15, -0.1) is 0 Å². The van der Waals surface area contributed by atoms with Crippen molar-refractivity contribution in [1.82, 2.24) is 5.32 Å². The molecule has 1 aromatic rings. The second-order valence-corrected chi connectivity index (χ2v) is 3.96. The third kappa shape index (κ3) is 4.71. The molecule has 100 valence electrons. The van der Waals surface area contributed by atoms with E-state index >= 15 is 0 Å². The van der Waals surface area contributed by atoms with E-state index in [2.05, 4.69) is 5.32 Å². The van der Waals surface area contributed by atoms with Crippen LogP contribution in [0.15, 0.2) is 18.2 Å². The van der Waals surface area contributed by atoms with Crippen molar-refractivity contribution < 1.29 is 13.9 Å². The van der Waals surface area contributed by atoms with Crippen molar-refractivity contribution in [3.8, 4) is 0 Å². The third-order valence-electron chi connectivity index (χ3n) is 2.36. The van der Waals surface area contributed by atoms with Crippen LogP contribution in [0.5, 0.6) is 0 Å². The molecule has 0 saturated carbocycles. The lowest BCUT2D eigenvalue weighted by Crippen LogP contribution is -2.25. The van der Waals surface area contributed by atoms with Gasteiger partial charge in [0.15, 0.2) is 0 Å². The number of ether oxygens (including phenoxy) is 1. The van der Waals surface area contributed by atoms with Crippen molar-refractivity contribution in [2.24, 2.45) is 0 Å². The fourth-order valence-corrected chi connectivity index (χ4v) is 1.41. The van der Waals surface area contributed by atoms with Crippen LogP contribution in [0.25, 0.3) is 0 Å². The Balaban J connectivity index is 2.30. The Morgan fingerprint density at radius 1 is 1.44 bits per heavy atom. The molecule has 18 heavy (non-hydrogen) atoms. The lowest BCUT2D eigenvalue weighted by Gasteiger charge is -2.06. The minimum Gasteiger partial charge on any atom is -0.396 e. The Labute approximate surface area is 106 Å². The van der Waals surface area contributed by atoms with Gasteiger partial charge >= 0.3 is 0 Å². The SMILES string of the molecule is CCCOCCCNC(=O)c1ccc(F)c(N)c1. The predicted octanol–water partition coefficient (Wildman–Crippen LogP) is 1.95. The molecule has 0 aliphatic carbocycles. The van der Waals surface area contributed by atoms with Crippen molar-refractivity contribution in [2.75, 3.05) is 25.5 Å². The van der Waals surface area contributed by atoms with Gasteiger partial charge in [0.1, 0.15) is 5.82 Å². The highest BCUT2D eigenvalue weighted by molar-refractivity contribution is 5.94. The molecule has 4 nitrogen and oxygen atoms in total. The van der Waals surface area contributed by atoms with Crippen LogP contribution in [0.4, 0.5) is 10.1 Å².